The number of nitrogen functional groups attached to an aromatic ring is 1. The van der Waals surface area contributed by atoms with Gasteiger partial charge in [0.15, 0.2) is 6.61 Å². The molecule has 4 heteroatoms. The van der Waals surface area contributed by atoms with Gasteiger partial charge in [-0.25, -0.2) is 4.79 Å². The second-order valence-corrected chi connectivity index (χ2v) is 3.29. The molecule has 0 aromatic heterocycles. The van der Waals surface area contributed by atoms with Gasteiger partial charge in [0.25, 0.3) is 0 Å². The molecule has 1 rings (SSSR count). The molecule has 0 bridgehead atoms. The van der Waals surface area contributed by atoms with Crippen molar-refractivity contribution in [3.05, 3.63) is 23.8 Å². The van der Waals surface area contributed by atoms with E-state index in [2.05, 4.69) is 6.92 Å². The Kier molecular flexibility index (Phi) is 3.97. The topological polar surface area (TPSA) is 72.5 Å². The minimum Gasteiger partial charge on any atom is -0.482 e. The van der Waals surface area contributed by atoms with Crippen molar-refractivity contribution in [2.75, 3.05) is 12.3 Å². The zero-order valence-corrected chi connectivity index (χ0v) is 8.69. The predicted octanol–water partition coefficient (Wildman–Crippen LogP) is 1.68. The molecule has 0 radical (unpaired) electrons. The van der Waals surface area contributed by atoms with Crippen LogP contribution in [0.25, 0.3) is 0 Å². The van der Waals surface area contributed by atoms with E-state index < -0.39 is 5.97 Å². The second-order valence-electron chi connectivity index (χ2n) is 3.29. The molecule has 82 valence electrons. The number of aliphatic carboxylic acids is 1. The van der Waals surface area contributed by atoms with Crippen molar-refractivity contribution < 1.29 is 14.6 Å². The third-order valence-corrected chi connectivity index (χ3v) is 2.00. The van der Waals surface area contributed by atoms with Crippen molar-refractivity contribution in [2.24, 2.45) is 0 Å². The number of hydrogen-bond donors (Lipinski definition) is 2. The molecule has 3 N–H and O–H groups in total. The fourth-order valence-electron chi connectivity index (χ4n) is 1.30. The Morgan fingerprint density at radius 3 is 2.87 bits per heavy atom. The number of ether oxygens (including phenoxy) is 1. The van der Waals surface area contributed by atoms with Crippen LogP contribution in [0.5, 0.6) is 5.75 Å². The fourth-order valence-corrected chi connectivity index (χ4v) is 1.30. The van der Waals surface area contributed by atoms with Gasteiger partial charge in [-0.3, -0.25) is 0 Å². The fraction of sp³-hybridized carbons (Fsp3) is 0.364. The first-order valence-corrected chi connectivity index (χ1v) is 4.86. The first kappa shape index (κ1) is 11.4. The minimum atomic E-state index is -0.983. The summed E-state index contributed by atoms with van der Waals surface area (Å²) in [7, 11) is 0. The molecule has 0 atom stereocenters. The van der Waals surface area contributed by atoms with Crippen LogP contribution in [0.1, 0.15) is 18.9 Å². The van der Waals surface area contributed by atoms with Crippen LogP contribution in [-0.4, -0.2) is 17.7 Å². The SMILES string of the molecule is CCCc1cc(OCC(=O)O)ccc1N. The molecule has 1 aromatic rings. The van der Waals surface area contributed by atoms with E-state index in [4.69, 9.17) is 15.6 Å². The highest BCUT2D eigenvalue weighted by Crippen LogP contribution is 2.20. The van der Waals surface area contributed by atoms with Gasteiger partial charge in [0, 0.05) is 5.69 Å². The molecule has 0 aliphatic rings. The lowest BCUT2D eigenvalue weighted by molar-refractivity contribution is -0.139. The van der Waals surface area contributed by atoms with Gasteiger partial charge in [-0.1, -0.05) is 13.3 Å². The molecular formula is C11H15NO3. The minimum absolute atomic E-state index is 0.324. The quantitative estimate of drug-likeness (QED) is 0.724. The lowest BCUT2D eigenvalue weighted by atomic mass is 10.1. The molecule has 0 heterocycles. The van der Waals surface area contributed by atoms with Crippen LogP contribution >= 0.6 is 0 Å². The molecule has 15 heavy (non-hydrogen) atoms. The number of aryl methyl sites for hydroxylation is 1. The summed E-state index contributed by atoms with van der Waals surface area (Å²) in [6, 6.07) is 5.21. The van der Waals surface area contributed by atoms with Gasteiger partial charge in [0.05, 0.1) is 0 Å². The summed E-state index contributed by atoms with van der Waals surface area (Å²) in [6.45, 7) is 1.74. The van der Waals surface area contributed by atoms with Gasteiger partial charge in [0.2, 0.25) is 0 Å². The Bertz CT molecular complexity index is 350. The Morgan fingerprint density at radius 1 is 1.53 bits per heavy atom. The summed E-state index contributed by atoms with van der Waals surface area (Å²) >= 11 is 0. The lowest BCUT2D eigenvalue weighted by Gasteiger charge is -2.08. The molecule has 0 amide bonds. The molecular weight excluding hydrogens is 194 g/mol. The van der Waals surface area contributed by atoms with E-state index in [0.29, 0.717) is 5.75 Å². The summed E-state index contributed by atoms with van der Waals surface area (Å²) in [5.74, 6) is -0.432. The van der Waals surface area contributed by atoms with Crippen LogP contribution in [0.4, 0.5) is 5.69 Å². The zero-order valence-electron chi connectivity index (χ0n) is 8.69. The average Bonchev–Trinajstić information content (AvgIpc) is 2.19. The van der Waals surface area contributed by atoms with E-state index in [0.717, 1.165) is 24.1 Å². The molecule has 0 unspecified atom stereocenters. The summed E-state index contributed by atoms with van der Waals surface area (Å²) in [5.41, 5.74) is 7.48. The number of hydrogen-bond acceptors (Lipinski definition) is 3. The first-order chi connectivity index (χ1) is 7.13. The van der Waals surface area contributed by atoms with Crippen LogP contribution in [0, 0.1) is 0 Å². The van der Waals surface area contributed by atoms with Crippen molar-refractivity contribution in [1.82, 2.24) is 0 Å². The predicted molar refractivity (Wildman–Crippen MR) is 58.0 cm³/mol. The van der Waals surface area contributed by atoms with Gasteiger partial charge < -0.3 is 15.6 Å². The molecule has 4 nitrogen and oxygen atoms in total. The van der Waals surface area contributed by atoms with Gasteiger partial charge in [0.1, 0.15) is 5.75 Å². The summed E-state index contributed by atoms with van der Waals surface area (Å²) < 4.78 is 5.05. The molecule has 0 saturated heterocycles. The Morgan fingerprint density at radius 2 is 2.27 bits per heavy atom. The number of anilines is 1. The largest absolute Gasteiger partial charge is 0.482 e. The van der Waals surface area contributed by atoms with E-state index in [1.54, 1.807) is 18.2 Å². The van der Waals surface area contributed by atoms with Gasteiger partial charge in [-0.2, -0.15) is 0 Å². The summed E-state index contributed by atoms with van der Waals surface area (Å²) in [6.07, 6.45) is 1.86. The smallest absolute Gasteiger partial charge is 0.341 e. The third kappa shape index (κ3) is 3.50. The van der Waals surface area contributed by atoms with E-state index in [-0.39, 0.29) is 6.61 Å². The number of carboxylic acids is 1. The van der Waals surface area contributed by atoms with Crippen LogP contribution < -0.4 is 10.5 Å². The summed E-state index contributed by atoms with van der Waals surface area (Å²) in [4.78, 5) is 10.3. The summed E-state index contributed by atoms with van der Waals surface area (Å²) in [5, 5.41) is 8.45. The maximum Gasteiger partial charge on any atom is 0.341 e. The Labute approximate surface area is 88.7 Å². The van der Waals surface area contributed by atoms with Crippen LogP contribution in [-0.2, 0) is 11.2 Å². The van der Waals surface area contributed by atoms with Crippen molar-refractivity contribution in [3.63, 3.8) is 0 Å². The second kappa shape index (κ2) is 5.24. The number of carbonyl (C=O) groups is 1. The van der Waals surface area contributed by atoms with Gasteiger partial charge >= 0.3 is 5.97 Å². The van der Waals surface area contributed by atoms with Crippen molar-refractivity contribution in [1.29, 1.82) is 0 Å². The van der Waals surface area contributed by atoms with Crippen LogP contribution in [0.2, 0.25) is 0 Å². The monoisotopic (exact) mass is 209 g/mol. The standard InChI is InChI=1S/C11H15NO3/c1-2-3-8-6-9(4-5-10(8)12)15-7-11(13)14/h4-6H,2-3,7,12H2,1H3,(H,13,14). The number of nitrogens with two attached hydrogens (primary N) is 1. The van der Waals surface area contributed by atoms with E-state index >= 15 is 0 Å². The number of rotatable bonds is 5. The van der Waals surface area contributed by atoms with Crippen LogP contribution in [0.3, 0.4) is 0 Å². The maximum absolute atomic E-state index is 10.3. The maximum atomic E-state index is 10.3. The highest BCUT2D eigenvalue weighted by molar-refractivity contribution is 5.68. The molecule has 0 aliphatic carbocycles. The van der Waals surface area contributed by atoms with Crippen molar-refractivity contribution in [3.8, 4) is 5.75 Å². The van der Waals surface area contributed by atoms with E-state index in [1.807, 2.05) is 0 Å². The van der Waals surface area contributed by atoms with Crippen molar-refractivity contribution >= 4 is 11.7 Å². The normalized spacial score (nSPS) is 9.93. The number of carboxylic acid groups (broad SMARTS) is 1. The van der Waals surface area contributed by atoms with E-state index in [9.17, 15) is 4.79 Å². The van der Waals surface area contributed by atoms with Crippen molar-refractivity contribution in [2.45, 2.75) is 19.8 Å². The Hall–Kier alpha value is -1.71. The molecule has 0 saturated carbocycles. The van der Waals surface area contributed by atoms with Gasteiger partial charge in [-0.15, -0.1) is 0 Å². The number of benzene rings is 1. The molecule has 1 aromatic carbocycles. The molecule has 0 spiro atoms. The average molecular weight is 209 g/mol. The highest BCUT2D eigenvalue weighted by Gasteiger charge is 2.03. The highest BCUT2D eigenvalue weighted by atomic mass is 16.5. The Balaban J connectivity index is 2.73. The zero-order chi connectivity index (χ0) is 11.3. The lowest BCUT2D eigenvalue weighted by Crippen LogP contribution is -2.09. The van der Waals surface area contributed by atoms with Gasteiger partial charge in [-0.05, 0) is 30.2 Å². The third-order valence-electron chi connectivity index (χ3n) is 2.00. The van der Waals surface area contributed by atoms with E-state index in [1.165, 1.54) is 0 Å². The van der Waals surface area contributed by atoms with Crippen LogP contribution in [0.15, 0.2) is 18.2 Å². The first-order valence-electron chi connectivity index (χ1n) is 4.86. The molecule has 0 fully saturated rings. The molecule has 0 aliphatic heterocycles.